The van der Waals surface area contributed by atoms with Crippen molar-refractivity contribution >= 4 is 0 Å². The van der Waals surface area contributed by atoms with Gasteiger partial charge in [0.15, 0.2) is 0 Å². The molecule has 0 spiro atoms. The zero-order valence-corrected chi connectivity index (χ0v) is 12.8. The summed E-state index contributed by atoms with van der Waals surface area (Å²) in [6, 6.07) is 0.761. The predicted octanol–water partition coefficient (Wildman–Crippen LogP) is 2.01. The van der Waals surface area contributed by atoms with Crippen molar-refractivity contribution in [1.82, 2.24) is 20.2 Å². The number of nitrogens with zero attached hydrogens (tertiary/aromatic N) is 3. The van der Waals surface area contributed by atoms with Crippen LogP contribution in [0.3, 0.4) is 0 Å². The summed E-state index contributed by atoms with van der Waals surface area (Å²) in [7, 11) is 4.09. The first-order chi connectivity index (χ1) is 8.97. The summed E-state index contributed by atoms with van der Waals surface area (Å²) in [5.74, 6) is 1.40. The summed E-state index contributed by atoms with van der Waals surface area (Å²) in [6.07, 6.45) is 2.67. The number of hydrogen-bond acceptors (Lipinski definition) is 4. The van der Waals surface area contributed by atoms with Crippen LogP contribution in [-0.4, -0.2) is 41.5 Å². The van der Waals surface area contributed by atoms with Crippen LogP contribution in [0.1, 0.15) is 48.5 Å². The highest BCUT2D eigenvalue weighted by Crippen LogP contribution is 2.24. The molecule has 1 aliphatic rings. The average Bonchev–Trinajstić information content (AvgIpc) is 3.07. The van der Waals surface area contributed by atoms with E-state index in [0.29, 0.717) is 5.92 Å². The summed E-state index contributed by atoms with van der Waals surface area (Å²) in [6.45, 7) is 8.31. The van der Waals surface area contributed by atoms with E-state index in [1.54, 1.807) is 0 Å². The Morgan fingerprint density at radius 2 is 1.79 bits per heavy atom. The lowest BCUT2D eigenvalue weighted by Crippen LogP contribution is -2.24. The van der Waals surface area contributed by atoms with Crippen LogP contribution in [0.25, 0.3) is 0 Å². The molecule has 2 rings (SSSR count). The van der Waals surface area contributed by atoms with Crippen LogP contribution in [0.5, 0.6) is 0 Å². The molecule has 1 heterocycles. The third-order valence-electron chi connectivity index (χ3n) is 3.61. The standard InChI is InChI=1S/C15H26N4/c1-10(8-16-13-6-7-13)15-11(2)17-14(9-19(4)5)18-12(15)3/h10,13,16H,6-9H2,1-5H3. The van der Waals surface area contributed by atoms with Crippen molar-refractivity contribution in [3.8, 4) is 0 Å². The highest BCUT2D eigenvalue weighted by atomic mass is 15.1. The Labute approximate surface area is 116 Å². The fourth-order valence-corrected chi connectivity index (χ4v) is 2.59. The van der Waals surface area contributed by atoms with Crippen molar-refractivity contribution in [2.45, 2.75) is 52.1 Å². The maximum absolute atomic E-state index is 4.66. The zero-order valence-electron chi connectivity index (χ0n) is 12.8. The van der Waals surface area contributed by atoms with Gasteiger partial charge in [0.1, 0.15) is 5.82 Å². The van der Waals surface area contributed by atoms with E-state index in [1.165, 1.54) is 18.4 Å². The molecule has 0 aliphatic heterocycles. The Morgan fingerprint density at radius 3 is 2.26 bits per heavy atom. The molecule has 0 radical (unpaired) electrons. The molecule has 0 amide bonds. The van der Waals surface area contributed by atoms with Crippen LogP contribution in [0, 0.1) is 13.8 Å². The molecule has 1 unspecified atom stereocenters. The topological polar surface area (TPSA) is 41.1 Å². The van der Waals surface area contributed by atoms with Gasteiger partial charge in [-0.15, -0.1) is 0 Å². The number of aromatic nitrogens is 2. The summed E-state index contributed by atoms with van der Waals surface area (Å²) in [5.41, 5.74) is 3.58. The van der Waals surface area contributed by atoms with Gasteiger partial charge >= 0.3 is 0 Å². The SMILES string of the molecule is Cc1nc(CN(C)C)nc(C)c1C(C)CNC1CC1. The Kier molecular flexibility index (Phi) is 4.53. The first-order valence-corrected chi connectivity index (χ1v) is 7.19. The van der Waals surface area contributed by atoms with Crippen LogP contribution in [0.15, 0.2) is 0 Å². The van der Waals surface area contributed by atoms with Crippen molar-refractivity contribution in [2.75, 3.05) is 20.6 Å². The van der Waals surface area contributed by atoms with Crippen molar-refractivity contribution < 1.29 is 0 Å². The Bertz CT molecular complexity index is 415. The number of aryl methyl sites for hydroxylation is 2. The monoisotopic (exact) mass is 262 g/mol. The number of nitrogens with one attached hydrogen (secondary N) is 1. The van der Waals surface area contributed by atoms with Gasteiger partial charge in [-0.2, -0.15) is 0 Å². The second-order valence-corrected chi connectivity index (χ2v) is 6.05. The third-order valence-corrected chi connectivity index (χ3v) is 3.61. The number of rotatable bonds is 6. The van der Waals surface area contributed by atoms with Crippen molar-refractivity contribution in [3.63, 3.8) is 0 Å². The van der Waals surface area contributed by atoms with Crippen molar-refractivity contribution in [1.29, 1.82) is 0 Å². The van der Waals surface area contributed by atoms with Gasteiger partial charge in [-0.1, -0.05) is 6.92 Å². The molecule has 1 aromatic heterocycles. The van der Waals surface area contributed by atoms with E-state index < -0.39 is 0 Å². The van der Waals surface area contributed by atoms with Gasteiger partial charge in [-0.25, -0.2) is 9.97 Å². The summed E-state index contributed by atoms with van der Waals surface area (Å²) < 4.78 is 0. The molecule has 0 aromatic carbocycles. The second-order valence-electron chi connectivity index (χ2n) is 6.05. The van der Waals surface area contributed by atoms with Crippen LogP contribution < -0.4 is 5.32 Å². The fourth-order valence-electron chi connectivity index (χ4n) is 2.59. The van der Waals surface area contributed by atoms with E-state index in [1.807, 2.05) is 14.1 Å². The first kappa shape index (κ1) is 14.4. The molecule has 1 saturated carbocycles. The van der Waals surface area contributed by atoms with E-state index in [2.05, 4.69) is 41.0 Å². The molecule has 1 aromatic rings. The molecule has 1 atom stereocenters. The smallest absolute Gasteiger partial charge is 0.142 e. The molecule has 106 valence electrons. The van der Waals surface area contributed by atoms with Crippen LogP contribution in [0.2, 0.25) is 0 Å². The zero-order chi connectivity index (χ0) is 14.0. The van der Waals surface area contributed by atoms with E-state index in [4.69, 9.17) is 0 Å². The lowest BCUT2D eigenvalue weighted by molar-refractivity contribution is 0.389. The van der Waals surface area contributed by atoms with Crippen LogP contribution >= 0.6 is 0 Å². The summed E-state index contributed by atoms with van der Waals surface area (Å²) in [4.78, 5) is 11.4. The van der Waals surface area contributed by atoms with E-state index in [9.17, 15) is 0 Å². The molecule has 1 aliphatic carbocycles. The Hall–Kier alpha value is -1.00. The maximum Gasteiger partial charge on any atom is 0.142 e. The van der Waals surface area contributed by atoms with E-state index in [0.717, 1.165) is 36.3 Å². The molecule has 0 saturated heterocycles. The maximum atomic E-state index is 4.66. The van der Waals surface area contributed by atoms with Gasteiger partial charge in [-0.3, -0.25) is 0 Å². The Morgan fingerprint density at radius 1 is 1.21 bits per heavy atom. The quantitative estimate of drug-likeness (QED) is 0.851. The van der Waals surface area contributed by atoms with Gasteiger partial charge < -0.3 is 10.2 Å². The molecule has 4 nitrogen and oxygen atoms in total. The minimum atomic E-state index is 0.481. The molecule has 4 heteroatoms. The van der Waals surface area contributed by atoms with Crippen molar-refractivity contribution in [2.24, 2.45) is 0 Å². The fraction of sp³-hybridized carbons (Fsp3) is 0.733. The molecular formula is C15H26N4. The Balaban J connectivity index is 2.10. The van der Waals surface area contributed by atoms with Crippen LogP contribution in [-0.2, 0) is 6.54 Å². The molecule has 19 heavy (non-hydrogen) atoms. The average molecular weight is 262 g/mol. The largest absolute Gasteiger partial charge is 0.313 e. The molecule has 0 bridgehead atoms. The number of hydrogen-bond donors (Lipinski definition) is 1. The van der Waals surface area contributed by atoms with E-state index in [-0.39, 0.29) is 0 Å². The highest BCUT2D eigenvalue weighted by molar-refractivity contribution is 5.28. The minimum absolute atomic E-state index is 0.481. The second kappa shape index (κ2) is 5.97. The van der Waals surface area contributed by atoms with Gasteiger partial charge in [0.25, 0.3) is 0 Å². The van der Waals surface area contributed by atoms with Gasteiger partial charge in [0.05, 0.1) is 6.54 Å². The van der Waals surface area contributed by atoms with Gasteiger partial charge in [0, 0.05) is 24.0 Å². The predicted molar refractivity (Wildman–Crippen MR) is 78.3 cm³/mol. The molecule has 1 N–H and O–H groups in total. The third kappa shape index (κ3) is 3.98. The highest BCUT2D eigenvalue weighted by Gasteiger charge is 2.22. The van der Waals surface area contributed by atoms with Gasteiger partial charge in [-0.05, 0) is 52.3 Å². The normalized spacial score (nSPS) is 16.9. The summed E-state index contributed by atoms with van der Waals surface area (Å²) >= 11 is 0. The van der Waals surface area contributed by atoms with E-state index >= 15 is 0 Å². The lowest BCUT2D eigenvalue weighted by Gasteiger charge is -2.18. The molecule has 1 fully saturated rings. The first-order valence-electron chi connectivity index (χ1n) is 7.19. The van der Waals surface area contributed by atoms with Gasteiger partial charge in [0.2, 0.25) is 0 Å². The molecular weight excluding hydrogens is 236 g/mol. The minimum Gasteiger partial charge on any atom is -0.313 e. The summed E-state index contributed by atoms with van der Waals surface area (Å²) in [5, 5.41) is 3.59. The lowest BCUT2D eigenvalue weighted by atomic mass is 9.98. The van der Waals surface area contributed by atoms with Crippen molar-refractivity contribution in [3.05, 3.63) is 22.8 Å². The van der Waals surface area contributed by atoms with Crippen LogP contribution in [0.4, 0.5) is 0 Å².